The lowest BCUT2D eigenvalue weighted by atomic mass is 9.88. The maximum atomic E-state index is 12.8. The molecular formula is C19H21N5O2S. The summed E-state index contributed by atoms with van der Waals surface area (Å²) < 4.78 is 0. The highest BCUT2D eigenvalue weighted by Gasteiger charge is 2.44. The Morgan fingerprint density at radius 2 is 2.26 bits per heavy atom. The topological polar surface area (TPSA) is 91.0 Å². The van der Waals surface area contributed by atoms with Gasteiger partial charge in [0.1, 0.15) is 5.52 Å². The molecular weight excluding hydrogens is 362 g/mol. The van der Waals surface area contributed by atoms with Crippen LogP contribution in [0, 0.1) is 5.92 Å². The van der Waals surface area contributed by atoms with E-state index in [0.717, 1.165) is 22.3 Å². The van der Waals surface area contributed by atoms with Gasteiger partial charge in [0.25, 0.3) is 11.8 Å². The average Bonchev–Trinajstić information content (AvgIpc) is 3.38. The number of pyridine rings is 1. The fourth-order valence-electron chi connectivity index (χ4n) is 3.67. The summed E-state index contributed by atoms with van der Waals surface area (Å²) in [4.78, 5) is 32.2. The van der Waals surface area contributed by atoms with Crippen molar-refractivity contribution in [2.75, 3.05) is 13.1 Å². The maximum absolute atomic E-state index is 12.8. The minimum atomic E-state index is -0.320. The largest absolute Gasteiger partial charge is 0.352 e. The number of fused-ring (bicyclic) bond motifs is 1. The molecule has 27 heavy (non-hydrogen) atoms. The minimum absolute atomic E-state index is 0.0673. The van der Waals surface area contributed by atoms with E-state index in [9.17, 15) is 9.59 Å². The molecule has 8 heteroatoms. The van der Waals surface area contributed by atoms with E-state index in [4.69, 9.17) is 0 Å². The molecule has 3 aromatic heterocycles. The lowest BCUT2D eigenvalue weighted by molar-refractivity contribution is 0.0606. The summed E-state index contributed by atoms with van der Waals surface area (Å²) in [7, 11) is 0. The lowest BCUT2D eigenvalue weighted by Crippen LogP contribution is -2.48. The molecule has 0 aliphatic carbocycles. The van der Waals surface area contributed by atoms with E-state index in [2.05, 4.69) is 34.3 Å². The number of H-pyrrole nitrogens is 1. The standard InChI is InChI=1S/C19H21N5O2S/c1-19(2)13(5-6-24(19)18(26)16-4-3-7-27-16)10-21-17(25)12-8-14-15(20-9-12)11-22-23-14/h3-4,7-9,11,13H,5-6,10H2,1-2H3,(H,21,25)(H,22,23). The van der Waals surface area contributed by atoms with E-state index in [1.54, 1.807) is 18.5 Å². The minimum Gasteiger partial charge on any atom is -0.352 e. The third kappa shape index (κ3) is 3.21. The highest BCUT2D eigenvalue weighted by molar-refractivity contribution is 7.12. The van der Waals surface area contributed by atoms with Gasteiger partial charge in [-0.2, -0.15) is 5.10 Å². The number of carbonyl (C=O) groups excluding carboxylic acids is 2. The van der Waals surface area contributed by atoms with Crippen LogP contribution in [0.15, 0.2) is 36.0 Å². The first-order valence-electron chi connectivity index (χ1n) is 8.89. The molecule has 140 valence electrons. The van der Waals surface area contributed by atoms with Gasteiger partial charge in [-0.1, -0.05) is 6.07 Å². The number of aromatic nitrogens is 3. The predicted molar refractivity (Wildman–Crippen MR) is 104 cm³/mol. The summed E-state index contributed by atoms with van der Waals surface area (Å²) >= 11 is 1.46. The number of amides is 2. The Hall–Kier alpha value is -2.74. The van der Waals surface area contributed by atoms with Crippen molar-refractivity contribution in [2.45, 2.75) is 25.8 Å². The Morgan fingerprint density at radius 3 is 3.04 bits per heavy atom. The average molecular weight is 383 g/mol. The van der Waals surface area contributed by atoms with Crippen molar-refractivity contribution in [1.82, 2.24) is 25.4 Å². The zero-order valence-electron chi connectivity index (χ0n) is 15.2. The van der Waals surface area contributed by atoms with Gasteiger partial charge >= 0.3 is 0 Å². The van der Waals surface area contributed by atoms with E-state index in [0.29, 0.717) is 18.7 Å². The molecule has 0 spiro atoms. The summed E-state index contributed by atoms with van der Waals surface area (Å²) in [5.41, 5.74) is 1.64. The van der Waals surface area contributed by atoms with Crippen LogP contribution in [0.2, 0.25) is 0 Å². The zero-order valence-corrected chi connectivity index (χ0v) is 16.0. The van der Waals surface area contributed by atoms with E-state index in [1.165, 1.54) is 11.3 Å². The van der Waals surface area contributed by atoms with Crippen LogP contribution < -0.4 is 5.32 Å². The number of thiophene rings is 1. The molecule has 4 rings (SSSR count). The van der Waals surface area contributed by atoms with Crippen LogP contribution in [0.1, 0.15) is 40.3 Å². The van der Waals surface area contributed by atoms with E-state index >= 15 is 0 Å². The third-order valence-corrected chi connectivity index (χ3v) is 6.29. The van der Waals surface area contributed by atoms with Crippen molar-refractivity contribution in [3.8, 4) is 0 Å². The second kappa shape index (κ2) is 6.77. The van der Waals surface area contributed by atoms with Crippen LogP contribution in [-0.2, 0) is 0 Å². The van der Waals surface area contributed by atoms with Crippen molar-refractivity contribution in [3.63, 3.8) is 0 Å². The number of hydrogen-bond donors (Lipinski definition) is 2. The predicted octanol–water partition coefficient (Wildman–Crippen LogP) is 2.69. The van der Waals surface area contributed by atoms with Gasteiger partial charge in [0.15, 0.2) is 0 Å². The molecule has 0 aromatic carbocycles. The van der Waals surface area contributed by atoms with Crippen LogP contribution in [-0.4, -0.2) is 50.5 Å². The van der Waals surface area contributed by atoms with Crippen molar-refractivity contribution in [1.29, 1.82) is 0 Å². The van der Waals surface area contributed by atoms with Gasteiger partial charge in [0, 0.05) is 30.7 Å². The fraction of sp³-hybridized carbons (Fsp3) is 0.368. The number of rotatable bonds is 4. The van der Waals surface area contributed by atoms with Gasteiger partial charge in [-0.25, -0.2) is 0 Å². The zero-order chi connectivity index (χ0) is 19.0. The fourth-order valence-corrected chi connectivity index (χ4v) is 4.34. The van der Waals surface area contributed by atoms with Crippen LogP contribution >= 0.6 is 11.3 Å². The molecule has 7 nitrogen and oxygen atoms in total. The Kier molecular flexibility index (Phi) is 4.43. The monoisotopic (exact) mass is 383 g/mol. The summed E-state index contributed by atoms with van der Waals surface area (Å²) in [6.45, 7) is 5.36. The lowest BCUT2D eigenvalue weighted by Gasteiger charge is -2.36. The Balaban J connectivity index is 1.42. The van der Waals surface area contributed by atoms with Crippen molar-refractivity contribution in [3.05, 3.63) is 46.4 Å². The maximum Gasteiger partial charge on any atom is 0.264 e. The number of carbonyl (C=O) groups is 2. The van der Waals surface area contributed by atoms with Crippen LogP contribution in [0.5, 0.6) is 0 Å². The normalized spacial score (nSPS) is 18.7. The van der Waals surface area contributed by atoms with Crippen molar-refractivity contribution in [2.24, 2.45) is 5.92 Å². The van der Waals surface area contributed by atoms with Gasteiger partial charge in [-0.3, -0.25) is 19.7 Å². The quantitative estimate of drug-likeness (QED) is 0.725. The molecule has 2 amide bonds. The number of aromatic amines is 1. The second-order valence-electron chi connectivity index (χ2n) is 7.31. The van der Waals surface area contributed by atoms with Crippen molar-refractivity contribution < 1.29 is 9.59 Å². The first-order chi connectivity index (χ1) is 13.0. The smallest absolute Gasteiger partial charge is 0.264 e. The molecule has 4 heterocycles. The summed E-state index contributed by atoms with van der Waals surface area (Å²) in [6, 6.07) is 5.50. The Labute approximate surface area is 160 Å². The Morgan fingerprint density at radius 1 is 1.41 bits per heavy atom. The van der Waals surface area contributed by atoms with Gasteiger partial charge in [0.05, 0.1) is 22.2 Å². The molecule has 1 aliphatic rings. The SMILES string of the molecule is CC1(C)C(CNC(=O)c2cnc3cn[nH]c3c2)CCN1C(=O)c1cccs1. The van der Waals surface area contributed by atoms with Crippen molar-refractivity contribution >= 4 is 34.2 Å². The highest BCUT2D eigenvalue weighted by atomic mass is 32.1. The highest BCUT2D eigenvalue weighted by Crippen LogP contribution is 2.35. The number of nitrogens with zero attached hydrogens (tertiary/aromatic N) is 3. The first-order valence-corrected chi connectivity index (χ1v) is 9.77. The van der Waals surface area contributed by atoms with E-state index < -0.39 is 0 Å². The van der Waals surface area contributed by atoms with E-state index in [-0.39, 0.29) is 23.3 Å². The van der Waals surface area contributed by atoms with Crippen LogP contribution in [0.4, 0.5) is 0 Å². The molecule has 1 atom stereocenters. The molecule has 1 unspecified atom stereocenters. The molecule has 1 fully saturated rings. The molecule has 1 saturated heterocycles. The number of nitrogens with one attached hydrogen (secondary N) is 2. The summed E-state index contributed by atoms with van der Waals surface area (Å²) in [5.74, 6) is 0.0877. The molecule has 2 N–H and O–H groups in total. The molecule has 1 aliphatic heterocycles. The third-order valence-electron chi connectivity index (χ3n) is 5.43. The van der Waals surface area contributed by atoms with Gasteiger partial charge < -0.3 is 10.2 Å². The summed E-state index contributed by atoms with van der Waals surface area (Å²) in [6.07, 6.45) is 4.04. The molecule has 0 bridgehead atoms. The molecule has 0 saturated carbocycles. The second-order valence-corrected chi connectivity index (χ2v) is 8.26. The number of likely N-dealkylation sites (tertiary alicyclic amines) is 1. The van der Waals surface area contributed by atoms with Gasteiger partial charge in [0.2, 0.25) is 0 Å². The van der Waals surface area contributed by atoms with Gasteiger partial charge in [-0.05, 0) is 37.8 Å². The number of hydrogen-bond acceptors (Lipinski definition) is 5. The van der Waals surface area contributed by atoms with Crippen LogP contribution in [0.25, 0.3) is 11.0 Å². The molecule has 3 aromatic rings. The molecule has 0 radical (unpaired) electrons. The van der Waals surface area contributed by atoms with Crippen LogP contribution in [0.3, 0.4) is 0 Å². The summed E-state index contributed by atoms with van der Waals surface area (Å²) in [5, 5.41) is 11.7. The Bertz CT molecular complexity index is 979. The first kappa shape index (κ1) is 17.7. The van der Waals surface area contributed by atoms with Gasteiger partial charge in [-0.15, -0.1) is 11.3 Å². The van der Waals surface area contributed by atoms with E-state index in [1.807, 2.05) is 22.4 Å².